The number of hydrogen-bond acceptors (Lipinski definition) is 5. The first-order chi connectivity index (χ1) is 11.0. The van der Waals surface area contributed by atoms with E-state index in [2.05, 4.69) is 20.2 Å². The quantitative estimate of drug-likeness (QED) is 0.936. The van der Waals surface area contributed by atoms with Crippen molar-refractivity contribution in [1.29, 1.82) is 5.26 Å². The van der Waals surface area contributed by atoms with E-state index in [1.54, 1.807) is 12.1 Å². The van der Waals surface area contributed by atoms with Gasteiger partial charge in [0, 0.05) is 30.5 Å². The van der Waals surface area contributed by atoms with E-state index in [0.717, 1.165) is 24.3 Å². The van der Waals surface area contributed by atoms with Crippen LogP contribution in [0.1, 0.15) is 17.8 Å². The highest BCUT2D eigenvalue weighted by Crippen LogP contribution is 2.25. The Morgan fingerprint density at radius 1 is 1.39 bits per heavy atom. The molecule has 0 saturated carbocycles. The summed E-state index contributed by atoms with van der Waals surface area (Å²) in [5.41, 5.74) is 1.89. The van der Waals surface area contributed by atoms with Gasteiger partial charge in [-0.3, -0.25) is 0 Å². The van der Waals surface area contributed by atoms with Gasteiger partial charge in [-0.05, 0) is 37.6 Å². The standard InChI is InChI=1S/C16H15ClFN5/c1-10-6-12(8-19)22-16(20-10)21-11-4-5-23(9-11)13-2-3-14(17)15(18)7-13/h2-3,6-7,11H,4-5,9H2,1H3,(H,20,21,22). The molecule has 2 heterocycles. The molecule has 0 bridgehead atoms. The van der Waals surface area contributed by atoms with Gasteiger partial charge in [0.1, 0.15) is 17.6 Å². The van der Waals surface area contributed by atoms with Crippen LogP contribution in [-0.2, 0) is 0 Å². The second-order valence-electron chi connectivity index (χ2n) is 5.50. The highest BCUT2D eigenvalue weighted by atomic mass is 35.5. The topological polar surface area (TPSA) is 64.8 Å². The van der Waals surface area contributed by atoms with Crippen LogP contribution >= 0.6 is 11.6 Å². The Hall–Kier alpha value is -2.39. The molecule has 1 aromatic carbocycles. The van der Waals surface area contributed by atoms with Crippen LogP contribution in [0.4, 0.5) is 16.0 Å². The summed E-state index contributed by atoms with van der Waals surface area (Å²) in [6.07, 6.45) is 0.878. The fourth-order valence-electron chi connectivity index (χ4n) is 2.67. The minimum absolute atomic E-state index is 0.125. The van der Waals surface area contributed by atoms with E-state index in [-0.39, 0.29) is 11.1 Å². The molecule has 1 N–H and O–H groups in total. The van der Waals surface area contributed by atoms with E-state index in [0.29, 0.717) is 18.2 Å². The predicted octanol–water partition coefficient (Wildman–Crippen LogP) is 3.14. The summed E-state index contributed by atoms with van der Waals surface area (Å²) in [5.74, 6) is 0.0388. The van der Waals surface area contributed by atoms with E-state index in [9.17, 15) is 4.39 Å². The molecular formula is C16H15ClFN5. The summed E-state index contributed by atoms with van der Waals surface area (Å²) in [5, 5.41) is 12.3. The molecule has 23 heavy (non-hydrogen) atoms. The molecule has 118 valence electrons. The third kappa shape index (κ3) is 3.51. The molecule has 1 atom stereocenters. The van der Waals surface area contributed by atoms with Crippen molar-refractivity contribution in [2.45, 2.75) is 19.4 Å². The van der Waals surface area contributed by atoms with Crippen molar-refractivity contribution in [2.24, 2.45) is 0 Å². The Labute approximate surface area is 138 Å². The molecule has 1 aliphatic heterocycles. The first-order valence-electron chi connectivity index (χ1n) is 7.27. The number of nitriles is 1. The van der Waals surface area contributed by atoms with Crippen LogP contribution < -0.4 is 10.2 Å². The van der Waals surface area contributed by atoms with Gasteiger partial charge in [0.05, 0.1) is 5.02 Å². The van der Waals surface area contributed by atoms with Crippen LogP contribution in [-0.4, -0.2) is 29.1 Å². The number of hydrogen-bond donors (Lipinski definition) is 1. The molecule has 1 saturated heterocycles. The Balaban J connectivity index is 1.69. The van der Waals surface area contributed by atoms with Crippen molar-refractivity contribution in [3.63, 3.8) is 0 Å². The number of nitrogens with zero attached hydrogens (tertiary/aromatic N) is 4. The minimum Gasteiger partial charge on any atom is -0.369 e. The maximum Gasteiger partial charge on any atom is 0.224 e. The molecule has 0 spiro atoms. The van der Waals surface area contributed by atoms with E-state index in [1.807, 2.05) is 19.1 Å². The summed E-state index contributed by atoms with van der Waals surface area (Å²) in [6.45, 7) is 3.33. The molecule has 7 heteroatoms. The second kappa shape index (κ2) is 6.39. The molecule has 1 unspecified atom stereocenters. The molecule has 0 amide bonds. The maximum absolute atomic E-state index is 13.6. The van der Waals surface area contributed by atoms with Crippen LogP contribution in [0, 0.1) is 24.1 Å². The van der Waals surface area contributed by atoms with Gasteiger partial charge in [-0.25, -0.2) is 14.4 Å². The summed E-state index contributed by atoms with van der Waals surface area (Å²) >= 11 is 5.72. The van der Waals surface area contributed by atoms with Gasteiger partial charge in [-0.1, -0.05) is 11.6 Å². The van der Waals surface area contributed by atoms with E-state index in [4.69, 9.17) is 16.9 Å². The van der Waals surface area contributed by atoms with Gasteiger partial charge in [0.2, 0.25) is 5.95 Å². The van der Waals surface area contributed by atoms with Crippen LogP contribution in [0.5, 0.6) is 0 Å². The predicted molar refractivity (Wildman–Crippen MR) is 87.1 cm³/mol. The lowest BCUT2D eigenvalue weighted by Gasteiger charge is -2.19. The lowest BCUT2D eigenvalue weighted by molar-refractivity contribution is 0.627. The maximum atomic E-state index is 13.6. The molecule has 1 aromatic heterocycles. The lowest BCUT2D eigenvalue weighted by Crippen LogP contribution is -2.27. The highest BCUT2D eigenvalue weighted by molar-refractivity contribution is 6.30. The first-order valence-corrected chi connectivity index (χ1v) is 7.65. The number of anilines is 2. The fraction of sp³-hybridized carbons (Fsp3) is 0.312. The molecule has 5 nitrogen and oxygen atoms in total. The van der Waals surface area contributed by atoms with Crippen molar-refractivity contribution in [1.82, 2.24) is 9.97 Å². The third-order valence-electron chi connectivity index (χ3n) is 3.76. The molecule has 1 aliphatic rings. The lowest BCUT2D eigenvalue weighted by atomic mass is 10.2. The van der Waals surface area contributed by atoms with Crippen LogP contribution in [0.2, 0.25) is 5.02 Å². The Morgan fingerprint density at radius 3 is 2.96 bits per heavy atom. The summed E-state index contributed by atoms with van der Waals surface area (Å²) in [7, 11) is 0. The molecule has 0 aliphatic carbocycles. The largest absolute Gasteiger partial charge is 0.369 e. The van der Waals surface area contributed by atoms with Gasteiger partial charge in [0.25, 0.3) is 0 Å². The minimum atomic E-state index is -0.416. The van der Waals surface area contributed by atoms with Gasteiger partial charge in [-0.15, -0.1) is 0 Å². The zero-order valence-electron chi connectivity index (χ0n) is 12.6. The van der Waals surface area contributed by atoms with E-state index < -0.39 is 5.82 Å². The Bertz CT molecular complexity index is 774. The summed E-state index contributed by atoms with van der Waals surface area (Å²) in [4.78, 5) is 10.5. The van der Waals surface area contributed by atoms with Crippen LogP contribution in [0.15, 0.2) is 24.3 Å². The van der Waals surface area contributed by atoms with Gasteiger partial charge < -0.3 is 10.2 Å². The number of halogens is 2. The average molecular weight is 332 g/mol. The van der Waals surface area contributed by atoms with Crippen LogP contribution in [0.25, 0.3) is 0 Å². The van der Waals surface area contributed by atoms with Crippen molar-refractivity contribution >= 4 is 23.2 Å². The number of aryl methyl sites for hydroxylation is 1. The Kier molecular flexibility index (Phi) is 4.30. The monoisotopic (exact) mass is 331 g/mol. The van der Waals surface area contributed by atoms with Crippen LogP contribution in [0.3, 0.4) is 0 Å². The summed E-state index contributed by atoms with van der Waals surface area (Å²) < 4.78 is 13.6. The number of nitrogens with one attached hydrogen (secondary N) is 1. The zero-order valence-corrected chi connectivity index (χ0v) is 13.3. The molecule has 0 radical (unpaired) electrons. The number of aromatic nitrogens is 2. The number of benzene rings is 1. The van der Waals surface area contributed by atoms with Gasteiger partial charge in [-0.2, -0.15) is 5.26 Å². The molecule has 3 rings (SSSR count). The summed E-state index contributed by atoms with van der Waals surface area (Å²) in [6, 6.07) is 8.63. The smallest absolute Gasteiger partial charge is 0.224 e. The first kappa shape index (κ1) is 15.5. The van der Waals surface area contributed by atoms with Crippen molar-refractivity contribution in [3.8, 4) is 6.07 Å². The van der Waals surface area contributed by atoms with Crippen molar-refractivity contribution in [2.75, 3.05) is 23.3 Å². The molecular weight excluding hydrogens is 317 g/mol. The third-order valence-corrected chi connectivity index (χ3v) is 4.07. The fourth-order valence-corrected chi connectivity index (χ4v) is 2.78. The van der Waals surface area contributed by atoms with Gasteiger partial charge in [0.15, 0.2) is 0 Å². The number of rotatable bonds is 3. The second-order valence-corrected chi connectivity index (χ2v) is 5.91. The van der Waals surface area contributed by atoms with Gasteiger partial charge >= 0.3 is 0 Å². The van der Waals surface area contributed by atoms with Crippen molar-refractivity contribution in [3.05, 3.63) is 46.5 Å². The average Bonchev–Trinajstić information content (AvgIpc) is 2.98. The van der Waals surface area contributed by atoms with Crippen molar-refractivity contribution < 1.29 is 4.39 Å². The molecule has 2 aromatic rings. The Morgan fingerprint density at radius 2 is 2.22 bits per heavy atom. The normalized spacial score (nSPS) is 17.1. The van der Waals surface area contributed by atoms with E-state index >= 15 is 0 Å². The zero-order chi connectivity index (χ0) is 16.4. The molecule has 1 fully saturated rings. The highest BCUT2D eigenvalue weighted by Gasteiger charge is 2.24. The van der Waals surface area contributed by atoms with E-state index in [1.165, 1.54) is 6.07 Å². The SMILES string of the molecule is Cc1cc(C#N)nc(NC2CCN(c3ccc(Cl)c(F)c3)C2)n1.